The number of carbonyl (C=O) groups is 2. The molecule has 1 aliphatic rings. The van der Waals surface area contributed by atoms with Crippen molar-refractivity contribution < 1.29 is 14.3 Å². The van der Waals surface area contributed by atoms with Crippen molar-refractivity contribution in [3.63, 3.8) is 0 Å². The highest BCUT2D eigenvalue weighted by atomic mass is 16.5. The van der Waals surface area contributed by atoms with Crippen LogP contribution in [0.2, 0.25) is 0 Å². The predicted molar refractivity (Wildman–Crippen MR) is 112 cm³/mol. The zero-order valence-electron chi connectivity index (χ0n) is 17.5. The summed E-state index contributed by atoms with van der Waals surface area (Å²) in [6.07, 6.45) is 1.20. The number of nitrogens with one attached hydrogen (secondary N) is 1. The summed E-state index contributed by atoms with van der Waals surface area (Å²) in [6.45, 7) is 10.7. The Morgan fingerprint density at radius 2 is 1.89 bits per heavy atom. The second-order valence-corrected chi connectivity index (χ2v) is 8.21. The molecular formula is C22H31N3O3. The Kier molecular flexibility index (Phi) is 6.08. The van der Waals surface area contributed by atoms with Crippen molar-refractivity contribution in [3.05, 3.63) is 29.5 Å². The fraction of sp³-hybridized carbons (Fsp3) is 0.545. The van der Waals surface area contributed by atoms with Crippen LogP contribution in [0.1, 0.15) is 43.2 Å². The van der Waals surface area contributed by atoms with Gasteiger partial charge in [-0.05, 0) is 44.2 Å². The molecule has 2 heterocycles. The van der Waals surface area contributed by atoms with E-state index in [1.165, 1.54) is 6.42 Å². The molecule has 2 atom stereocenters. The van der Waals surface area contributed by atoms with Crippen molar-refractivity contribution in [2.45, 2.75) is 34.1 Å². The minimum absolute atomic E-state index is 0.0964. The van der Waals surface area contributed by atoms with Gasteiger partial charge in [0, 0.05) is 25.5 Å². The van der Waals surface area contributed by atoms with E-state index in [-0.39, 0.29) is 12.5 Å². The van der Waals surface area contributed by atoms with E-state index >= 15 is 0 Å². The highest BCUT2D eigenvalue weighted by Crippen LogP contribution is 2.32. The first-order chi connectivity index (χ1) is 13.3. The average Bonchev–Trinajstić information content (AvgIpc) is 2.85. The number of hydrogen-bond donors (Lipinski definition) is 1. The molecule has 0 spiro atoms. The number of likely N-dealkylation sites (tertiary alicyclic amines) is 1. The molecule has 1 saturated heterocycles. The van der Waals surface area contributed by atoms with E-state index in [0.717, 1.165) is 29.6 Å². The lowest BCUT2D eigenvalue weighted by Gasteiger charge is -2.34. The van der Waals surface area contributed by atoms with Crippen LogP contribution in [0.3, 0.4) is 0 Å². The van der Waals surface area contributed by atoms with Crippen molar-refractivity contribution in [1.82, 2.24) is 9.47 Å². The van der Waals surface area contributed by atoms with Gasteiger partial charge in [0.15, 0.2) is 5.69 Å². The molecule has 6 nitrogen and oxygen atoms in total. The second-order valence-electron chi connectivity index (χ2n) is 8.21. The molecule has 28 heavy (non-hydrogen) atoms. The normalized spacial score (nSPS) is 20.3. The zero-order valence-corrected chi connectivity index (χ0v) is 17.5. The lowest BCUT2D eigenvalue weighted by atomic mass is 9.92. The Morgan fingerprint density at radius 1 is 1.21 bits per heavy atom. The second kappa shape index (κ2) is 8.35. The topological polar surface area (TPSA) is 63.6 Å². The van der Waals surface area contributed by atoms with Gasteiger partial charge in [0.05, 0.1) is 24.4 Å². The van der Waals surface area contributed by atoms with Crippen LogP contribution in [0.4, 0.5) is 5.69 Å². The van der Waals surface area contributed by atoms with Gasteiger partial charge in [-0.2, -0.15) is 0 Å². The van der Waals surface area contributed by atoms with Crippen LogP contribution in [-0.2, 0) is 16.6 Å². The summed E-state index contributed by atoms with van der Waals surface area (Å²) in [4.78, 5) is 27.6. The van der Waals surface area contributed by atoms with Gasteiger partial charge in [0.25, 0.3) is 0 Å². The van der Waals surface area contributed by atoms with E-state index in [0.29, 0.717) is 29.8 Å². The summed E-state index contributed by atoms with van der Waals surface area (Å²) >= 11 is 0. The number of fused-ring (bicyclic) bond motifs is 1. The van der Waals surface area contributed by atoms with Crippen LogP contribution in [0, 0.1) is 18.8 Å². The molecular weight excluding hydrogens is 354 g/mol. The zero-order chi connectivity index (χ0) is 20.4. The van der Waals surface area contributed by atoms with Gasteiger partial charge in [-0.25, -0.2) is 4.79 Å². The minimum Gasteiger partial charge on any atom is -0.461 e. The number of carbonyl (C=O) groups excluding carboxylic acids is 2. The van der Waals surface area contributed by atoms with Crippen molar-refractivity contribution in [1.29, 1.82) is 0 Å². The molecule has 0 radical (unpaired) electrons. The number of rotatable bonds is 5. The molecule has 2 aromatic rings. The summed E-state index contributed by atoms with van der Waals surface area (Å²) in [6, 6.07) is 5.97. The smallest absolute Gasteiger partial charge is 0.357 e. The molecule has 1 aliphatic heterocycles. The van der Waals surface area contributed by atoms with Crippen LogP contribution in [0.5, 0.6) is 0 Å². The van der Waals surface area contributed by atoms with Gasteiger partial charge in [-0.1, -0.05) is 25.5 Å². The van der Waals surface area contributed by atoms with Crippen LogP contribution in [-0.4, -0.2) is 47.6 Å². The summed E-state index contributed by atoms with van der Waals surface area (Å²) < 4.78 is 7.05. The average molecular weight is 386 g/mol. The number of amides is 1. The van der Waals surface area contributed by atoms with Crippen LogP contribution >= 0.6 is 0 Å². The van der Waals surface area contributed by atoms with Crippen LogP contribution in [0.15, 0.2) is 18.2 Å². The van der Waals surface area contributed by atoms with E-state index in [2.05, 4.69) is 24.1 Å². The first-order valence-corrected chi connectivity index (χ1v) is 10.1. The minimum atomic E-state index is -0.422. The quantitative estimate of drug-likeness (QED) is 0.799. The highest BCUT2D eigenvalue weighted by molar-refractivity contribution is 6.11. The maximum atomic E-state index is 12.9. The fourth-order valence-electron chi connectivity index (χ4n) is 4.43. The van der Waals surface area contributed by atoms with Gasteiger partial charge < -0.3 is 14.6 Å². The number of nitrogens with zero attached hydrogens (tertiary/aromatic N) is 2. The maximum Gasteiger partial charge on any atom is 0.357 e. The van der Waals surface area contributed by atoms with E-state index in [1.54, 1.807) is 11.5 Å². The Hall–Kier alpha value is -2.34. The summed E-state index contributed by atoms with van der Waals surface area (Å²) in [5.74, 6) is 0.661. The molecule has 1 N–H and O–H groups in total. The molecule has 0 bridgehead atoms. The molecule has 1 amide bonds. The van der Waals surface area contributed by atoms with E-state index in [9.17, 15) is 9.59 Å². The molecule has 1 aromatic carbocycles. The highest BCUT2D eigenvalue weighted by Gasteiger charge is 2.26. The summed E-state index contributed by atoms with van der Waals surface area (Å²) in [5.41, 5.74) is 2.89. The first-order valence-electron chi connectivity index (χ1n) is 10.1. The van der Waals surface area contributed by atoms with Gasteiger partial charge >= 0.3 is 5.97 Å². The van der Waals surface area contributed by atoms with Gasteiger partial charge in [-0.15, -0.1) is 0 Å². The molecule has 6 heteroatoms. The fourth-order valence-corrected chi connectivity index (χ4v) is 4.43. The maximum absolute atomic E-state index is 12.9. The van der Waals surface area contributed by atoms with Gasteiger partial charge in [0.2, 0.25) is 5.91 Å². The number of aromatic nitrogens is 1. The Morgan fingerprint density at radius 3 is 2.54 bits per heavy atom. The largest absolute Gasteiger partial charge is 0.461 e. The third-order valence-electron chi connectivity index (χ3n) is 5.40. The number of anilines is 1. The first kappa shape index (κ1) is 20.4. The molecule has 1 aromatic heterocycles. The van der Waals surface area contributed by atoms with Crippen molar-refractivity contribution >= 4 is 28.5 Å². The van der Waals surface area contributed by atoms with E-state index in [1.807, 2.05) is 32.2 Å². The lowest BCUT2D eigenvalue weighted by molar-refractivity contribution is -0.117. The standard InChI is InChI=1S/C22H31N3O3/c1-6-28-22(27)21-20(17-10-14(2)7-8-18(17)24(21)5)23-19(26)13-25-11-15(3)9-16(4)12-25/h7-8,10,15-16H,6,9,11-13H2,1-5H3,(H,23,26). The number of hydrogen-bond acceptors (Lipinski definition) is 4. The molecule has 1 fully saturated rings. The lowest BCUT2D eigenvalue weighted by Crippen LogP contribution is -2.42. The number of esters is 1. The van der Waals surface area contributed by atoms with Crippen LogP contribution in [0.25, 0.3) is 10.9 Å². The van der Waals surface area contributed by atoms with Crippen LogP contribution < -0.4 is 5.32 Å². The monoisotopic (exact) mass is 385 g/mol. The molecule has 2 unspecified atom stereocenters. The van der Waals surface area contributed by atoms with E-state index in [4.69, 9.17) is 4.74 Å². The SMILES string of the molecule is CCOC(=O)c1c(NC(=O)CN2CC(C)CC(C)C2)c2cc(C)ccc2n1C. The summed E-state index contributed by atoms with van der Waals surface area (Å²) in [5, 5.41) is 3.88. The van der Waals surface area contributed by atoms with Gasteiger partial charge in [-0.3, -0.25) is 9.69 Å². The Labute approximate surface area is 166 Å². The number of ether oxygens (including phenoxy) is 1. The molecule has 0 aliphatic carbocycles. The van der Waals surface area contributed by atoms with Crippen molar-refractivity contribution in [3.8, 4) is 0 Å². The number of piperidine rings is 1. The third kappa shape index (κ3) is 4.22. The molecule has 3 rings (SSSR count). The molecule has 0 saturated carbocycles. The third-order valence-corrected chi connectivity index (χ3v) is 5.40. The van der Waals surface area contributed by atoms with Crippen molar-refractivity contribution in [2.24, 2.45) is 18.9 Å². The van der Waals surface area contributed by atoms with E-state index < -0.39 is 5.97 Å². The summed E-state index contributed by atoms with van der Waals surface area (Å²) in [7, 11) is 1.83. The number of aryl methyl sites for hydroxylation is 2. The number of benzene rings is 1. The molecule has 152 valence electrons. The Balaban J connectivity index is 1.90. The Bertz CT molecular complexity index is 877. The van der Waals surface area contributed by atoms with Crippen molar-refractivity contribution in [2.75, 3.05) is 31.6 Å². The van der Waals surface area contributed by atoms with Gasteiger partial charge in [0.1, 0.15) is 0 Å². The predicted octanol–water partition coefficient (Wildman–Crippen LogP) is 3.58.